The van der Waals surface area contributed by atoms with Gasteiger partial charge in [0.1, 0.15) is 5.54 Å². The maximum Gasteiger partial charge on any atom is 0.328 e. The predicted octanol–water partition coefficient (Wildman–Crippen LogP) is 2.55. The molecule has 0 saturated heterocycles. The van der Waals surface area contributed by atoms with E-state index in [0.29, 0.717) is 12.0 Å². The van der Waals surface area contributed by atoms with E-state index in [4.69, 9.17) is 0 Å². The van der Waals surface area contributed by atoms with Gasteiger partial charge in [-0.25, -0.2) is 4.79 Å². The largest absolute Gasteiger partial charge is 0.480 e. The van der Waals surface area contributed by atoms with E-state index in [2.05, 4.69) is 19.2 Å². The van der Waals surface area contributed by atoms with Crippen LogP contribution >= 0.6 is 0 Å². The molecule has 3 nitrogen and oxygen atoms in total. The molecule has 0 amide bonds. The third-order valence-electron chi connectivity index (χ3n) is 3.95. The number of carboxylic acids is 1. The minimum atomic E-state index is -0.984. The molecular weight excluding hydrogens is 226 g/mol. The second-order valence-electron chi connectivity index (χ2n) is 5.44. The number of hydrogen-bond acceptors (Lipinski definition) is 2. The first-order valence-corrected chi connectivity index (χ1v) is 6.58. The van der Waals surface area contributed by atoms with Crippen molar-refractivity contribution in [3.05, 3.63) is 35.4 Å². The van der Waals surface area contributed by atoms with Crippen molar-refractivity contribution in [1.82, 2.24) is 5.32 Å². The SMILES string of the molecule is CCc1ccc(C(C)(NC2CC2C)C(=O)O)cc1. The van der Waals surface area contributed by atoms with Gasteiger partial charge in [-0.15, -0.1) is 0 Å². The first kappa shape index (κ1) is 13.1. The lowest BCUT2D eigenvalue weighted by atomic mass is 9.91. The standard InChI is InChI=1S/C15H21NO2/c1-4-11-5-7-12(8-6-11)15(3,14(17)18)16-13-9-10(13)2/h5-8,10,13,16H,4,9H2,1-3H3,(H,17,18). The molecular formula is C15H21NO2. The Morgan fingerprint density at radius 3 is 2.39 bits per heavy atom. The summed E-state index contributed by atoms with van der Waals surface area (Å²) < 4.78 is 0. The summed E-state index contributed by atoms with van der Waals surface area (Å²) in [6.45, 7) is 5.98. The fourth-order valence-electron chi connectivity index (χ4n) is 2.24. The molecule has 0 heterocycles. The molecule has 2 N–H and O–H groups in total. The Hall–Kier alpha value is -1.35. The van der Waals surface area contributed by atoms with Crippen LogP contribution in [0.25, 0.3) is 0 Å². The molecule has 1 aliphatic rings. The number of rotatable bonds is 5. The molecule has 0 aromatic heterocycles. The van der Waals surface area contributed by atoms with Crippen LogP contribution in [0.2, 0.25) is 0 Å². The molecule has 1 aromatic rings. The van der Waals surface area contributed by atoms with Crippen LogP contribution in [0.4, 0.5) is 0 Å². The Morgan fingerprint density at radius 2 is 2.00 bits per heavy atom. The van der Waals surface area contributed by atoms with Gasteiger partial charge < -0.3 is 5.11 Å². The molecule has 0 aliphatic heterocycles. The smallest absolute Gasteiger partial charge is 0.328 e. The minimum Gasteiger partial charge on any atom is -0.480 e. The first-order valence-electron chi connectivity index (χ1n) is 6.58. The number of aryl methyl sites for hydroxylation is 1. The van der Waals surface area contributed by atoms with Crippen molar-refractivity contribution >= 4 is 5.97 Å². The van der Waals surface area contributed by atoms with Crippen molar-refractivity contribution in [3.8, 4) is 0 Å². The van der Waals surface area contributed by atoms with Gasteiger partial charge in [0.15, 0.2) is 0 Å². The van der Waals surface area contributed by atoms with Crippen molar-refractivity contribution in [3.63, 3.8) is 0 Å². The van der Waals surface area contributed by atoms with Crippen molar-refractivity contribution in [2.24, 2.45) is 5.92 Å². The molecule has 3 unspecified atom stereocenters. The van der Waals surface area contributed by atoms with Crippen LogP contribution < -0.4 is 5.32 Å². The summed E-state index contributed by atoms with van der Waals surface area (Å²) in [5, 5.41) is 12.8. The number of carboxylic acid groups (broad SMARTS) is 1. The van der Waals surface area contributed by atoms with Gasteiger partial charge in [0.25, 0.3) is 0 Å². The van der Waals surface area contributed by atoms with Crippen LogP contribution in [-0.4, -0.2) is 17.1 Å². The zero-order valence-corrected chi connectivity index (χ0v) is 11.2. The molecule has 98 valence electrons. The summed E-state index contributed by atoms with van der Waals surface area (Å²) in [6, 6.07) is 8.19. The van der Waals surface area contributed by atoms with E-state index < -0.39 is 11.5 Å². The van der Waals surface area contributed by atoms with Gasteiger partial charge in [-0.1, -0.05) is 38.1 Å². The zero-order valence-electron chi connectivity index (χ0n) is 11.2. The quantitative estimate of drug-likeness (QED) is 0.840. The lowest BCUT2D eigenvalue weighted by Gasteiger charge is -2.27. The van der Waals surface area contributed by atoms with E-state index in [1.54, 1.807) is 6.92 Å². The number of hydrogen-bond donors (Lipinski definition) is 2. The molecule has 1 fully saturated rings. The second kappa shape index (κ2) is 4.73. The van der Waals surface area contributed by atoms with E-state index in [9.17, 15) is 9.90 Å². The zero-order chi connectivity index (χ0) is 13.3. The van der Waals surface area contributed by atoms with Crippen LogP contribution in [0.3, 0.4) is 0 Å². The molecule has 3 heteroatoms. The van der Waals surface area contributed by atoms with Crippen LogP contribution in [0, 0.1) is 5.92 Å². The molecule has 1 aliphatic carbocycles. The van der Waals surface area contributed by atoms with Gasteiger partial charge >= 0.3 is 5.97 Å². The van der Waals surface area contributed by atoms with Crippen molar-refractivity contribution in [2.45, 2.75) is 45.2 Å². The number of carbonyl (C=O) groups is 1. The van der Waals surface area contributed by atoms with E-state index in [0.717, 1.165) is 18.4 Å². The fourth-order valence-corrected chi connectivity index (χ4v) is 2.24. The van der Waals surface area contributed by atoms with Crippen LogP contribution in [0.1, 0.15) is 38.3 Å². The summed E-state index contributed by atoms with van der Waals surface area (Å²) in [6.07, 6.45) is 2.03. The number of nitrogens with one attached hydrogen (secondary N) is 1. The summed E-state index contributed by atoms with van der Waals surface area (Å²) >= 11 is 0. The van der Waals surface area contributed by atoms with Crippen molar-refractivity contribution in [1.29, 1.82) is 0 Å². The maximum atomic E-state index is 11.6. The summed E-state index contributed by atoms with van der Waals surface area (Å²) in [7, 11) is 0. The van der Waals surface area contributed by atoms with E-state index in [1.807, 2.05) is 24.3 Å². The number of benzene rings is 1. The van der Waals surface area contributed by atoms with Crippen molar-refractivity contribution in [2.75, 3.05) is 0 Å². The normalized spacial score (nSPS) is 25.5. The van der Waals surface area contributed by atoms with Gasteiger partial charge in [-0.05, 0) is 36.8 Å². The molecule has 0 spiro atoms. The van der Waals surface area contributed by atoms with Crippen LogP contribution in [0.5, 0.6) is 0 Å². The molecule has 2 rings (SSSR count). The lowest BCUT2D eigenvalue weighted by molar-refractivity contribution is -0.144. The Labute approximate surface area is 108 Å². The van der Waals surface area contributed by atoms with Crippen molar-refractivity contribution < 1.29 is 9.90 Å². The highest BCUT2D eigenvalue weighted by Crippen LogP contribution is 2.34. The van der Waals surface area contributed by atoms with E-state index >= 15 is 0 Å². The molecule has 1 saturated carbocycles. The number of aliphatic carboxylic acids is 1. The average Bonchev–Trinajstić information content (AvgIpc) is 3.04. The van der Waals surface area contributed by atoms with Gasteiger partial charge in [0.2, 0.25) is 0 Å². The average molecular weight is 247 g/mol. The molecule has 1 aromatic carbocycles. The van der Waals surface area contributed by atoms with Gasteiger partial charge in [-0.2, -0.15) is 0 Å². The van der Waals surface area contributed by atoms with Gasteiger partial charge in [0.05, 0.1) is 0 Å². The molecule has 18 heavy (non-hydrogen) atoms. The summed E-state index contributed by atoms with van der Waals surface area (Å²) in [5.41, 5.74) is 1.07. The topological polar surface area (TPSA) is 49.3 Å². The molecule has 0 radical (unpaired) electrons. The third kappa shape index (κ3) is 2.41. The van der Waals surface area contributed by atoms with E-state index in [1.165, 1.54) is 5.56 Å². The third-order valence-corrected chi connectivity index (χ3v) is 3.95. The molecule has 0 bridgehead atoms. The summed E-state index contributed by atoms with van der Waals surface area (Å²) in [5.74, 6) is -0.232. The van der Waals surface area contributed by atoms with Crippen LogP contribution in [-0.2, 0) is 16.8 Å². The van der Waals surface area contributed by atoms with Gasteiger partial charge in [0, 0.05) is 6.04 Å². The maximum absolute atomic E-state index is 11.6. The second-order valence-corrected chi connectivity index (χ2v) is 5.44. The Balaban J connectivity index is 2.24. The minimum absolute atomic E-state index is 0.331. The Bertz CT molecular complexity index is 440. The predicted molar refractivity (Wildman–Crippen MR) is 71.5 cm³/mol. The van der Waals surface area contributed by atoms with Gasteiger partial charge in [-0.3, -0.25) is 5.32 Å². The Morgan fingerprint density at radius 1 is 1.44 bits per heavy atom. The Kier molecular flexibility index (Phi) is 3.44. The highest BCUT2D eigenvalue weighted by Gasteiger charge is 2.43. The highest BCUT2D eigenvalue weighted by atomic mass is 16.4. The lowest BCUT2D eigenvalue weighted by Crippen LogP contribution is -2.48. The fraction of sp³-hybridized carbons (Fsp3) is 0.533. The monoisotopic (exact) mass is 247 g/mol. The van der Waals surface area contributed by atoms with Crippen LogP contribution in [0.15, 0.2) is 24.3 Å². The summed E-state index contributed by atoms with van der Waals surface area (Å²) in [4.78, 5) is 11.6. The first-order chi connectivity index (χ1) is 8.47. The highest BCUT2D eigenvalue weighted by molar-refractivity contribution is 5.80. The molecule has 3 atom stereocenters. The van der Waals surface area contributed by atoms with E-state index in [-0.39, 0.29) is 0 Å².